The number of H-pyrrole nitrogens is 1. The highest BCUT2D eigenvalue weighted by Gasteiger charge is 2.12. The van der Waals surface area contributed by atoms with Crippen molar-refractivity contribution in [2.45, 2.75) is 0 Å². The van der Waals surface area contributed by atoms with Crippen molar-refractivity contribution >= 4 is 28.1 Å². The number of nitrogens with zero attached hydrogens (tertiary/aromatic N) is 3. The fraction of sp³-hybridized carbons (Fsp3) is 0. The zero-order valence-electron chi connectivity index (χ0n) is 13.2. The Hall–Kier alpha value is -3.31. The summed E-state index contributed by atoms with van der Waals surface area (Å²) in [5.74, 6) is -0.286. The summed E-state index contributed by atoms with van der Waals surface area (Å²) in [7, 11) is 0. The highest BCUT2D eigenvalue weighted by molar-refractivity contribution is 9.10. The van der Waals surface area contributed by atoms with Gasteiger partial charge in [-0.15, -0.1) is 0 Å². The quantitative estimate of drug-likeness (QED) is 0.505. The van der Waals surface area contributed by atoms with E-state index in [1.165, 1.54) is 12.3 Å². The first-order chi connectivity index (χ1) is 12.6. The summed E-state index contributed by atoms with van der Waals surface area (Å²) < 4.78 is 13.5. The van der Waals surface area contributed by atoms with E-state index in [1.807, 2.05) is 12.1 Å². The van der Waals surface area contributed by atoms with Crippen LogP contribution in [0.3, 0.4) is 0 Å². The van der Waals surface area contributed by atoms with Gasteiger partial charge in [0.25, 0.3) is 5.56 Å². The SMILES string of the molecule is N#Cc1c(-c2ccccc2)nc(NN=Cc2ccc(F)c(Br)c2)[nH]c1=O. The standard InChI is InChI=1S/C18H11BrFN5O/c19-14-8-11(6-7-15(14)20)10-22-25-18-23-16(12-4-2-1-3-5-12)13(9-21)17(26)24-18/h1-8,10H,(H2,23,24,25,26). The number of hydrogen-bond donors (Lipinski definition) is 2. The lowest BCUT2D eigenvalue weighted by Gasteiger charge is -2.06. The van der Waals surface area contributed by atoms with Gasteiger partial charge in [-0.25, -0.2) is 14.8 Å². The Morgan fingerprint density at radius 2 is 2.04 bits per heavy atom. The van der Waals surface area contributed by atoms with E-state index in [0.29, 0.717) is 15.6 Å². The van der Waals surface area contributed by atoms with Crippen LogP contribution in [0.1, 0.15) is 11.1 Å². The number of hydrogen-bond acceptors (Lipinski definition) is 5. The number of benzene rings is 2. The van der Waals surface area contributed by atoms with Crippen LogP contribution in [0.5, 0.6) is 0 Å². The van der Waals surface area contributed by atoms with Crippen LogP contribution in [0.25, 0.3) is 11.3 Å². The molecule has 0 saturated heterocycles. The third kappa shape index (κ3) is 3.84. The summed E-state index contributed by atoms with van der Waals surface area (Å²) in [6.07, 6.45) is 1.45. The molecule has 0 atom stereocenters. The molecular weight excluding hydrogens is 401 g/mol. The first kappa shape index (κ1) is 17.5. The molecule has 0 bridgehead atoms. The molecule has 0 spiro atoms. The summed E-state index contributed by atoms with van der Waals surface area (Å²) in [6.45, 7) is 0. The Balaban J connectivity index is 1.90. The predicted octanol–water partition coefficient (Wildman–Crippen LogP) is 3.66. The molecule has 3 rings (SSSR count). The molecule has 0 unspecified atom stereocenters. The monoisotopic (exact) mass is 411 g/mol. The summed E-state index contributed by atoms with van der Waals surface area (Å²) in [5.41, 5.74) is 3.52. The van der Waals surface area contributed by atoms with Crippen LogP contribution in [0.2, 0.25) is 0 Å². The van der Waals surface area contributed by atoms with Gasteiger partial charge in [0.05, 0.1) is 16.4 Å². The van der Waals surface area contributed by atoms with Gasteiger partial charge in [-0.1, -0.05) is 36.4 Å². The van der Waals surface area contributed by atoms with Crippen molar-refractivity contribution in [2.24, 2.45) is 5.10 Å². The maximum absolute atomic E-state index is 13.2. The molecule has 8 heteroatoms. The molecule has 0 aliphatic heterocycles. The lowest BCUT2D eigenvalue weighted by Crippen LogP contribution is -2.16. The Labute approximate surface area is 156 Å². The van der Waals surface area contributed by atoms with Crippen LogP contribution >= 0.6 is 15.9 Å². The number of hydrazone groups is 1. The molecule has 1 aromatic heterocycles. The molecule has 0 aliphatic carbocycles. The second-order valence-electron chi connectivity index (χ2n) is 5.16. The Bertz CT molecular complexity index is 1070. The number of anilines is 1. The van der Waals surface area contributed by atoms with Crippen molar-refractivity contribution in [1.29, 1.82) is 5.26 Å². The molecule has 2 aromatic carbocycles. The number of halogens is 2. The molecular formula is C18H11BrFN5O. The van der Waals surface area contributed by atoms with Gasteiger partial charge in [0, 0.05) is 5.56 Å². The number of aromatic amines is 1. The summed E-state index contributed by atoms with van der Waals surface area (Å²) in [5, 5.41) is 13.2. The normalized spacial score (nSPS) is 10.7. The largest absolute Gasteiger partial charge is 0.290 e. The second kappa shape index (κ2) is 7.72. The van der Waals surface area contributed by atoms with Gasteiger partial charge in [-0.2, -0.15) is 10.4 Å². The first-order valence-electron chi connectivity index (χ1n) is 7.42. The van der Waals surface area contributed by atoms with Crippen LogP contribution in [0.15, 0.2) is 62.9 Å². The molecule has 3 aromatic rings. The molecule has 2 N–H and O–H groups in total. The number of aromatic nitrogens is 2. The average Bonchev–Trinajstić information content (AvgIpc) is 2.65. The smallest absolute Gasteiger partial charge is 0.270 e. The van der Waals surface area contributed by atoms with Crippen molar-refractivity contribution in [3.8, 4) is 17.3 Å². The third-order valence-corrected chi connectivity index (χ3v) is 4.01. The van der Waals surface area contributed by atoms with Gasteiger partial charge in [0.2, 0.25) is 5.95 Å². The molecule has 26 heavy (non-hydrogen) atoms. The van der Waals surface area contributed by atoms with Crippen LogP contribution in [-0.4, -0.2) is 16.2 Å². The van der Waals surface area contributed by atoms with Crippen molar-refractivity contribution in [2.75, 3.05) is 5.43 Å². The zero-order chi connectivity index (χ0) is 18.5. The third-order valence-electron chi connectivity index (χ3n) is 3.41. The second-order valence-corrected chi connectivity index (χ2v) is 6.01. The van der Waals surface area contributed by atoms with E-state index in [2.05, 4.69) is 36.4 Å². The van der Waals surface area contributed by atoms with E-state index in [0.717, 1.165) is 0 Å². The minimum Gasteiger partial charge on any atom is -0.290 e. The zero-order valence-corrected chi connectivity index (χ0v) is 14.8. The van der Waals surface area contributed by atoms with E-state index >= 15 is 0 Å². The lowest BCUT2D eigenvalue weighted by atomic mass is 10.1. The fourth-order valence-corrected chi connectivity index (χ4v) is 2.59. The molecule has 0 fully saturated rings. The van der Waals surface area contributed by atoms with Crippen LogP contribution in [0, 0.1) is 17.1 Å². The molecule has 6 nitrogen and oxygen atoms in total. The average molecular weight is 412 g/mol. The highest BCUT2D eigenvalue weighted by Crippen LogP contribution is 2.19. The Morgan fingerprint density at radius 1 is 1.27 bits per heavy atom. The topological polar surface area (TPSA) is 93.9 Å². The molecule has 0 aliphatic rings. The maximum Gasteiger partial charge on any atom is 0.270 e. The highest BCUT2D eigenvalue weighted by atomic mass is 79.9. The van der Waals surface area contributed by atoms with E-state index in [1.54, 1.807) is 36.4 Å². The van der Waals surface area contributed by atoms with Crippen molar-refractivity contribution < 1.29 is 4.39 Å². The maximum atomic E-state index is 13.2. The minimum atomic E-state index is -0.566. The molecule has 128 valence electrons. The number of nitrogens with one attached hydrogen (secondary N) is 2. The molecule has 0 radical (unpaired) electrons. The van der Waals surface area contributed by atoms with Crippen LogP contribution in [0.4, 0.5) is 10.3 Å². The van der Waals surface area contributed by atoms with Gasteiger partial charge in [0.1, 0.15) is 17.4 Å². The number of nitriles is 1. The predicted molar refractivity (Wildman–Crippen MR) is 100 cm³/mol. The summed E-state index contributed by atoms with van der Waals surface area (Å²) >= 11 is 3.10. The van der Waals surface area contributed by atoms with Gasteiger partial charge in [0.15, 0.2) is 0 Å². The lowest BCUT2D eigenvalue weighted by molar-refractivity contribution is 0.621. The van der Waals surface area contributed by atoms with Gasteiger partial charge >= 0.3 is 0 Å². The Kier molecular flexibility index (Phi) is 5.20. The summed E-state index contributed by atoms with van der Waals surface area (Å²) in [6, 6.07) is 15.2. The van der Waals surface area contributed by atoms with E-state index in [9.17, 15) is 14.4 Å². The van der Waals surface area contributed by atoms with Crippen LogP contribution in [-0.2, 0) is 0 Å². The Morgan fingerprint density at radius 3 is 2.73 bits per heavy atom. The van der Waals surface area contributed by atoms with Gasteiger partial charge in [-0.3, -0.25) is 9.78 Å². The first-order valence-corrected chi connectivity index (χ1v) is 8.22. The van der Waals surface area contributed by atoms with E-state index < -0.39 is 5.56 Å². The fourth-order valence-electron chi connectivity index (χ4n) is 2.20. The van der Waals surface area contributed by atoms with Gasteiger partial charge in [-0.05, 0) is 33.6 Å². The van der Waals surface area contributed by atoms with Crippen molar-refractivity contribution in [1.82, 2.24) is 9.97 Å². The summed E-state index contributed by atoms with van der Waals surface area (Å²) in [4.78, 5) is 18.8. The molecule has 1 heterocycles. The van der Waals surface area contributed by atoms with Crippen LogP contribution < -0.4 is 11.0 Å². The van der Waals surface area contributed by atoms with Crippen molar-refractivity contribution in [3.63, 3.8) is 0 Å². The van der Waals surface area contributed by atoms with Crippen molar-refractivity contribution in [3.05, 3.63) is 80.3 Å². The van der Waals surface area contributed by atoms with E-state index in [-0.39, 0.29) is 23.0 Å². The minimum absolute atomic E-state index is 0.0757. The molecule has 0 saturated carbocycles. The van der Waals surface area contributed by atoms with E-state index in [4.69, 9.17) is 0 Å². The number of rotatable bonds is 4. The molecule has 0 amide bonds. The van der Waals surface area contributed by atoms with Gasteiger partial charge < -0.3 is 0 Å².